The number of rotatable bonds is 2. The summed E-state index contributed by atoms with van der Waals surface area (Å²) in [6.07, 6.45) is -4.90. The van der Waals surface area contributed by atoms with Crippen molar-refractivity contribution in [1.82, 2.24) is 4.98 Å². The van der Waals surface area contributed by atoms with Gasteiger partial charge in [0.2, 0.25) is 5.88 Å². The predicted molar refractivity (Wildman–Crippen MR) is 51.2 cm³/mol. The van der Waals surface area contributed by atoms with E-state index in [-0.39, 0.29) is 22.3 Å². The maximum absolute atomic E-state index is 12.0. The minimum atomic E-state index is -4.90. The van der Waals surface area contributed by atoms with Gasteiger partial charge in [0.25, 0.3) is 0 Å². The minimum absolute atomic E-state index is 0.0570. The molecule has 0 unspecified atom stereocenters. The average Bonchev–Trinajstić information content (AvgIpc) is 2.14. The van der Waals surface area contributed by atoms with Gasteiger partial charge in [-0.25, -0.2) is 4.98 Å². The molecule has 16 heavy (non-hydrogen) atoms. The van der Waals surface area contributed by atoms with Gasteiger partial charge in [0.15, 0.2) is 0 Å². The summed E-state index contributed by atoms with van der Waals surface area (Å²) < 4.78 is 39.8. The first kappa shape index (κ1) is 12.7. The lowest BCUT2D eigenvalue weighted by Crippen LogP contribution is -2.19. The van der Waals surface area contributed by atoms with Crippen LogP contribution in [-0.2, 0) is 6.54 Å². The fourth-order valence-corrected chi connectivity index (χ4v) is 1.45. The Morgan fingerprint density at radius 2 is 2.19 bits per heavy atom. The van der Waals surface area contributed by atoms with Crippen molar-refractivity contribution in [3.63, 3.8) is 0 Å². The Morgan fingerprint density at radius 1 is 1.56 bits per heavy atom. The van der Waals surface area contributed by atoms with Crippen LogP contribution >= 0.6 is 15.9 Å². The molecule has 0 aliphatic carbocycles. The molecular weight excluding hydrogens is 291 g/mol. The van der Waals surface area contributed by atoms with Crippen molar-refractivity contribution in [3.8, 4) is 11.9 Å². The third-order valence-corrected chi connectivity index (χ3v) is 2.15. The second kappa shape index (κ2) is 4.67. The largest absolute Gasteiger partial charge is 0.574 e. The summed E-state index contributed by atoms with van der Waals surface area (Å²) >= 11 is 2.94. The van der Waals surface area contributed by atoms with Gasteiger partial charge in [-0.1, -0.05) is 0 Å². The van der Waals surface area contributed by atoms with Gasteiger partial charge in [0, 0.05) is 11.0 Å². The molecule has 0 aliphatic heterocycles. The molecule has 0 spiro atoms. The maximum atomic E-state index is 12.0. The van der Waals surface area contributed by atoms with E-state index in [1.54, 1.807) is 6.07 Å². The van der Waals surface area contributed by atoms with E-state index in [1.165, 1.54) is 6.07 Å². The molecular formula is C8H5BrF3N3O. The van der Waals surface area contributed by atoms with Crippen molar-refractivity contribution >= 4 is 15.9 Å². The summed E-state index contributed by atoms with van der Waals surface area (Å²) in [7, 11) is 0. The van der Waals surface area contributed by atoms with Crippen molar-refractivity contribution in [2.45, 2.75) is 12.9 Å². The summed E-state index contributed by atoms with van der Waals surface area (Å²) in [6.45, 7) is -0.0570. The van der Waals surface area contributed by atoms with Gasteiger partial charge < -0.3 is 10.5 Å². The smallest absolute Gasteiger partial charge is 0.386 e. The predicted octanol–water partition coefficient (Wildman–Crippen LogP) is 2.07. The Hall–Kier alpha value is -1.33. The van der Waals surface area contributed by atoms with Crippen LogP contribution in [0, 0.1) is 11.3 Å². The number of hydrogen-bond acceptors (Lipinski definition) is 4. The second-order valence-electron chi connectivity index (χ2n) is 2.64. The summed E-state index contributed by atoms with van der Waals surface area (Å²) in [5.74, 6) is -0.801. The molecule has 0 aliphatic rings. The number of alkyl halides is 3. The summed E-state index contributed by atoms with van der Waals surface area (Å²) in [4.78, 5) is 3.49. The number of pyridine rings is 1. The van der Waals surface area contributed by atoms with Crippen LogP contribution in [0.25, 0.3) is 0 Å². The van der Waals surface area contributed by atoms with Gasteiger partial charge in [-0.05, 0) is 22.0 Å². The van der Waals surface area contributed by atoms with E-state index >= 15 is 0 Å². The quantitative estimate of drug-likeness (QED) is 0.907. The van der Waals surface area contributed by atoms with Crippen molar-refractivity contribution in [3.05, 3.63) is 21.8 Å². The van der Waals surface area contributed by atoms with Gasteiger partial charge in [0.05, 0.1) is 5.69 Å². The molecule has 4 nitrogen and oxygen atoms in total. The number of halogens is 4. The first-order chi connectivity index (χ1) is 7.37. The molecule has 0 radical (unpaired) electrons. The maximum Gasteiger partial charge on any atom is 0.574 e. The summed E-state index contributed by atoms with van der Waals surface area (Å²) in [6, 6.07) is 2.93. The number of nitrogens with zero attached hydrogens (tertiary/aromatic N) is 2. The first-order valence-corrected chi connectivity index (χ1v) is 4.72. The highest BCUT2D eigenvalue weighted by atomic mass is 79.9. The molecule has 0 saturated carbocycles. The Balaban J connectivity index is 3.25. The highest BCUT2D eigenvalue weighted by Crippen LogP contribution is 2.29. The monoisotopic (exact) mass is 295 g/mol. The van der Waals surface area contributed by atoms with Crippen LogP contribution in [0.15, 0.2) is 10.5 Å². The summed E-state index contributed by atoms with van der Waals surface area (Å²) in [5, 5.41) is 8.66. The molecule has 0 bridgehead atoms. The zero-order valence-electron chi connectivity index (χ0n) is 7.68. The van der Waals surface area contributed by atoms with E-state index in [9.17, 15) is 13.2 Å². The van der Waals surface area contributed by atoms with Crippen molar-refractivity contribution in [2.75, 3.05) is 0 Å². The van der Waals surface area contributed by atoms with Crippen LogP contribution in [0.4, 0.5) is 13.2 Å². The fourth-order valence-electron chi connectivity index (χ4n) is 0.928. The molecule has 1 aromatic heterocycles. The molecule has 1 heterocycles. The van der Waals surface area contributed by atoms with E-state index in [2.05, 4.69) is 25.7 Å². The normalized spacial score (nSPS) is 11.0. The van der Waals surface area contributed by atoms with E-state index in [1.807, 2.05) is 0 Å². The van der Waals surface area contributed by atoms with Gasteiger partial charge in [-0.15, -0.1) is 13.2 Å². The van der Waals surface area contributed by atoms with Crippen LogP contribution in [0.1, 0.15) is 11.3 Å². The van der Waals surface area contributed by atoms with Gasteiger partial charge in [0.1, 0.15) is 11.6 Å². The van der Waals surface area contributed by atoms with Crippen LogP contribution in [0.3, 0.4) is 0 Å². The molecule has 8 heteroatoms. The zero-order chi connectivity index (χ0) is 12.3. The number of ether oxygens (including phenoxy) is 1. The average molecular weight is 296 g/mol. The molecule has 2 N–H and O–H groups in total. The number of nitriles is 1. The SMILES string of the molecule is N#Cc1c(Br)cc(CN)nc1OC(F)(F)F. The number of hydrogen-bond donors (Lipinski definition) is 1. The second-order valence-corrected chi connectivity index (χ2v) is 3.49. The summed E-state index contributed by atoms with van der Waals surface area (Å²) in [5.41, 5.74) is 5.10. The van der Waals surface area contributed by atoms with Crippen LogP contribution in [0.5, 0.6) is 5.88 Å². The Morgan fingerprint density at radius 3 is 2.62 bits per heavy atom. The third kappa shape index (κ3) is 3.08. The standard InChI is InChI=1S/C8H5BrF3N3O/c9-6-1-4(2-13)15-7(5(6)3-14)16-8(10,11)12/h1H,2,13H2. The molecule has 86 valence electrons. The Kier molecular flexibility index (Phi) is 3.72. The van der Waals surface area contributed by atoms with E-state index in [0.717, 1.165) is 0 Å². The molecule has 0 fully saturated rings. The van der Waals surface area contributed by atoms with Crippen LogP contribution < -0.4 is 10.5 Å². The van der Waals surface area contributed by atoms with Crippen LogP contribution in [-0.4, -0.2) is 11.3 Å². The van der Waals surface area contributed by atoms with Crippen LogP contribution in [0.2, 0.25) is 0 Å². The zero-order valence-corrected chi connectivity index (χ0v) is 9.26. The lowest BCUT2D eigenvalue weighted by molar-refractivity contribution is -0.276. The van der Waals surface area contributed by atoms with E-state index in [0.29, 0.717) is 0 Å². The first-order valence-electron chi connectivity index (χ1n) is 3.92. The fraction of sp³-hybridized carbons (Fsp3) is 0.250. The molecule has 0 amide bonds. The van der Waals surface area contributed by atoms with Gasteiger partial charge in [-0.2, -0.15) is 5.26 Å². The number of nitrogens with two attached hydrogens (primary N) is 1. The van der Waals surface area contributed by atoms with Gasteiger partial charge in [-0.3, -0.25) is 0 Å². The molecule has 1 aromatic rings. The molecule has 0 atom stereocenters. The number of aromatic nitrogens is 1. The molecule has 0 saturated heterocycles. The third-order valence-electron chi connectivity index (χ3n) is 1.52. The topological polar surface area (TPSA) is 71.9 Å². The van der Waals surface area contributed by atoms with Crippen molar-refractivity contribution in [1.29, 1.82) is 5.26 Å². The van der Waals surface area contributed by atoms with E-state index in [4.69, 9.17) is 11.0 Å². The highest BCUT2D eigenvalue weighted by Gasteiger charge is 2.33. The Labute approximate surface area is 97.0 Å². The van der Waals surface area contributed by atoms with Crippen molar-refractivity contribution in [2.24, 2.45) is 5.73 Å². The van der Waals surface area contributed by atoms with Gasteiger partial charge >= 0.3 is 6.36 Å². The van der Waals surface area contributed by atoms with Crippen molar-refractivity contribution < 1.29 is 17.9 Å². The molecule has 1 rings (SSSR count). The lowest BCUT2D eigenvalue weighted by Gasteiger charge is -2.11. The molecule has 0 aromatic carbocycles. The Bertz CT molecular complexity index is 441. The van der Waals surface area contributed by atoms with E-state index < -0.39 is 12.2 Å². The lowest BCUT2D eigenvalue weighted by atomic mass is 10.2. The highest BCUT2D eigenvalue weighted by molar-refractivity contribution is 9.10. The minimum Gasteiger partial charge on any atom is -0.386 e.